The fourth-order valence-corrected chi connectivity index (χ4v) is 8.77. The number of ether oxygens (including phenoxy) is 1. The number of imide groups is 1. The van der Waals surface area contributed by atoms with E-state index in [-0.39, 0.29) is 11.8 Å². The van der Waals surface area contributed by atoms with Crippen LogP contribution >= 0.6 is 31.9 Å². The lowest BCUT2D eigenvalue weighted by molar-refractivity contribution is -0.122. The quantitative estimate of drug-likeness (QED) is 0.123. The highest BCUT2D eigenvalue weighted by atomic mass is 79.9. The molecule has 7 rings (SSSR count). The molecule has 0 saturated carbocycles. The Labute approximate surface area is 238 Å². The van der Waals surface area contributed by atoms with E-state index < -0.39 is 26.5 Å². The largest absolute Gasteiger partial charge is 0.462 e. The van der Waals surface area contributed by atoms with Gasteiger partial charge in [-0.15, -0.1) is 0 Å². The van der Waals surface area contributed by atoms with Gasteiger partial charge in [0.1, 0.15) is 0 Å². The van der Waals surface area contributed by atoms with Gasteiger partial charge in [0.15, 0.2) is 0 Å². The van der Waals surface area contributed by atoms with Crippen molar-refractivity contribution in [3.05, 3.63) is 101 Å². The van der Waals surface area contributed by atoms with E-state index in [1.807, 2.05) is 48.5 Å². The summed E-state index contributed by atoms with van der Waals surface area (Å²) in [7, 11) is 0. The van der Waals surface area contributed by atoms with Crippen LogP contribution in [-0.4, -0.2) is 24.4 Å². The van der Waals surface area contributed by atoms with Gasteiger partial charge in [-0.1, -0.05) is 113 Å². The van der Waals surface area contributed by atoms with Crippen LogP contribution in [0.2, 0.25) is 0 Å². The number of alkyl halides is 2. The molecule has 2 amide bonds. The van der Waals surface area contributed by atoms with E-state index in [1.54, 1.807) is 24.3 Å². The second-order valence-corrected chi connectivity index (χ2v) is 12.7. The second-order valence-electron chi connectivity index (χ2n) is 10.2. The summed E-state index contributed by atoms with van der Waals surface area (Å²) < 4.78 is 3.76. The topological polar surface area (TPSA) is 63.7 Å². The fourth-order valence-electron chi connectivity index (χ4n) is 6.47. The number of halogens is 2. The summed E-state index contributed by atoms with van der Waals surface area (Å²) in [6.07, 6.45) is 4.04. The molecular formula is C31H27Br2NO4. The van der Waals surface area contributed by atoms with Gasteiger partial charge in [-0.3, -0.25) is 9.59 Å². The molecule has 3 aliphatic carbocycles. The molecule has 1 heterocycles. The maximum atomic E-state index is 14.2. The van der Waals surface area contributed by atoms with Crippen LogP contribution in [0, 0.1) is 11.8 Å². The number of hydrogen-bond acceptors (Lipinski definition) is 4. The van der Waals surface area contributed by atoms with E-state index in [1.165, 1.54) is 4.90 Å². The Morgan fingerprint density at radius 1 is 0.789 bits per heavy atom. The molecule has 0 aromatic heterocycles. The highest BCUT2D eigenvalue weighted by molar-refractivity contribution is 9.10. The van der Waals surface area contributed by atoms with Gasteiger partial charge in [-0.2, -0.15) is 0 Å². The Hall–Kier alpha value is -2.77. The molecule has 3 aromatic rings. The van der Waals surface area contributed by atoms with Gasteiger partial charge in [0.2, 0.25) is 11.8 Å². The Bertz CT molecular complexity index is 1350. The van der Waals surface area contributed by atoms with E-state index in [9.17, 15) is 14.4 Å². The maximum absolute atomic E-state index is 14.2. The Kier molecular flexibility index (Phi) is 6.35. The summed E-state index contributed by atoms with van der Waals surface area (Å²) in [6, 6.07) is 22.6. The number of hydrogen-bond donors (Lipinski definition) is 0. The molecule has 5 nitrogen and oxygen atoms in total. The third-order valence-corrected chi connectivity index (χ3v) is 10.9. The van der Waals surface area contributed by atoms with Crippen molar-refractivity contribution < 1.29 is 19.1 Å². The number of anilines is 1. The van der Waals surface area contributed by atoms with Crippen molar-refractivity contribution in [2.75, 3.05) is 11.5 Å². The zero-order valence-corrected chi connectivity index (χ0v) is 24.1. The number of carbonyl (C=O) groups is 3. The van der Waals surface area contributed by atoms with Gasteiger partial charge >= 0.3 is 5.97 Å². The van der Waals surface area contributed by atoms with Gasteiger partial charge < -0.3 is 4.74 Å². The average Bonchev–Trinajstić information content (AvgIpc) is 3.22. The lowest BCUT2D eigenvalue weighted by Crippen LogP contribution is -2.56. The van der Waals surface area contributed by atoms with Crippen LogP contribution < -0.4 is 4.90 Å². The van der Waals surface area contributed by atoms with Crippen LogP contribution in [0.4, 0.5) is 5.69 Å². The Balaban J connectivity index is 1.39. The van der Waals surface area contributed by atoms with Crippen molar-refractivity contribution >= 4 is 55.3 Å². The number of nitrogens with zero attached hydrogens (tertiary/aromatic N) is 1. The monoisotopic (exact) mass is 635 g/mol. The standard InChI is InChI=1S/C31H27Br2NO4/c1-2-3-4-9-17-38-29(37)19-11-10-12-20(18-19)34-27(35)25-26(28(34)36)31(33)22-14-6-5-13-21(22)30(25,32)23-15-7-8-16-24(23)31/h5-8,10-16,18,25-26H,2-4,9,17H2,1H3/t25-,26+,30?,31?. The minimum absolute atomic E-state index is 0.283. The Morgan fingerprint density at radius 3 is 1.82 bits per heavy atom. The third-order valence-electron chi connectivity index (χ3n) is 8.16. The summed E-state index contributed by atoms with van der Waals surface area (Å²) in [5, 5.41) is 0. The van der Waals surface area contributed by atoms with Crippen LogP contribution in [0.5, 0.6) is 0 Å². The lowest BCUT2D eigenvalue weighted by atomic mass is 9.54. The zero-order valence-electron chi connectivity index (χ0n) is 21.0. The molecule has 38 heavy (non-hydrogen) atoms. The van der Waals surface area contributed by atoms with E-state index >= 15 is 0 Å². The van der Waals surface area contributed by atoms with E-state index in [0.717, 1.165) is 47.9 Å². The molecule has 7 heteroatoms. The first-order chi connectivity index (χ1) is 18.3. The number of rotatable bonds is 7. The number of benzene rings is 3. The van der Waals surface area contributed by atoms with Crippen LogP contribution in [0.1, 0.15) is 65.2 Å². The maximum Gasteiger partial charge on any atom is 0.338 e. The molecule has 2 atom stereocenters. The number of esters is 1. The van der Waals surface area contributed by atoms with Crippen molar-refractivity contribution in [1.82, 2.24) is 0 Å². The summed E-state index contributed by atoms with van der Waals surface area (Å²) in [6.45, 7) is 2.48. The van der Waals surface area contributed by atoms with Crippen LogP contribution in [0.15, 0.2) is 72.8 Å². The highest BCUT2D eigenvalue weighted by Gasteiger charge is 2.72. The van der Waals surface area contributed by atoms with Crippen molar-refractivity contribution in [2.24, 2.45) is 11.8 Å². The Morgan fingerprint density at radius 2 is 1.32 bits per heavy atom. The predicted octanol–water partition coefficient (Wildman–Crippen LogP) is 6.83. The van der Waals surface area contributed by atoms with Crippen LogP contribution in [0.3, 0.4) is 0 Å². The van der Waals surface area contributed by atoms with E-state index in [2.05, 4.69) is 38.8 Å². The van der Waals surface area contributed by atoms with Gasteiger partial charge in [0.05, 0.1) is 38.3 Å². The molecule has 194 valence electrons. The number of amides is 2. The SMILES string of the molecule is CCCCCCOC(=O)c1cccc(N2C(=O)[C@@H]3[C@H](C2=O)C2(Br)c4ccccc4C3(Br)c3ccccc32)c1. The van der Waals surface area contributed by atoms with Gasteiger partial charge in [-0.05, 0) is 46.9 Å². The summed E-state index contributed by atoms with van der Waals surface area (Å²) >= 11 is 8.04. The normalized spacial score (nSPS) is 26.7. The molecule has 1 saturated heterocycles. The van der Waals surface area contributed by atoms with Gasteiger partial charge in [0.25, 0.3) is 0 Å². The summed E-state index contributed by atoms with van der Waals surface area (Å²) in [5.74, 6) is -2.33. The first-order valence-electron chi connectivity index (χ1n) is 13.1. The molecule has 4 aliphatic rings. The molecule has 2 bridgehead atoms. The van der Waals surface area contributed by atoms with Crippen molar-refractivity contribution in [3.63, 3.8) is 0 Å². The molecule has 1 fully saturated rings. The molecule has 0 radical (unpaired) electrons. The lowest BCUT2D eigenvalue weighted by Gasteiger charge is -2.55. The van der Waals surface area contributed by atoms with E-state index in [0.29, 0.717) is 17.9 Å². The first-order valence-corrected chi connectivity index (χ1v) is 14.7. The summed E-state index contributed by atoms with van der Waals surface area (Å²) in [5.41, 5.74) is 4.65. The van der Waals surface area contributed by atoms with Crippen molar-refractivity contribution in [3.8, 4) is 0 Å². The average molecular weight is 637 g/mol. The molecule has 0 spiro atoms. The number of carbonyl (C=O) groups excluding carboxylic acids is 3. The minimum atomic E-state index is -0.850. The molecule has 0 N–H and O–H groups in total. The third kappa shape index (κ3) is 3.44. The van der Waals surface area contributed by atoms with Crippen LogP contribution in [0.25, 0.3) is 0 Å². The molecule has 0 unspecified atom stereocenters. The second kappa shape index (κ2) is 9.45. The smallest absolute Gasteiger partial charge is 0.338 e. The highest BCUT2D eigenvalue weighted by Crippen LogP contribution is 2.70. The molecular weight excluding hydrogens is 610 g/mol. The number of unbranched alkanes of at least 4 members (excludes halogenated alkanes) is 3. The zero-order chi connectivity index (χ0) is 26.7. The van der Waals surface area contributed by atoms with Gasteiger partial charge in [0, 0.05) is 0 Å². The van der Waals surface area contributed by atoms with Gasteiger partial charge in [-0.25, -0.2) is 9.69 Å². The van der Waals surface area contributed by atoms with Crippen molar-refractivity contribution in [1.29, 1.82) is 0 Å². The van der Waals surface area contributed by atoms with Crippen molar-refractivity contribution in [2.45, 2.75) is 41.3 Å². The molecule has 1 aliphatic heterocycles. The molecule has 3 aromatic carbocycles. The van der Waals surface area contributed by atoms with Crippen LogP contribution in [-0.2, 0) is 23.0 Å². The predicted molar refractivity (Wildman–Crippen MR) is 153 cm³/mol. The fraction of sp³-hybridized carbons (Fsp3) is 0.323. The summed E-state index contributed by atoms with van der Waals surface area (Å²) in [4.78, 5) is 42.4. The minimum Gasteiger partial charge on any atom is -0.462 e. The first kappa shape index (κ1) is 25.5. The van der Waals surface area contributed by atoms with E-state index in [4.69, 9.17) is 4.74 Å².